The molecule has 154 valence electrons. The number of amides is 1. The second kappa shape index (κ2) is 8.78. The predicted molar refractivity (Wildman–Crippen MR) is 110 cm³/mol. The lowest BCUT2D eigenvalue weighted by Crippen LogP contribution is -2.33. The molecule has 0 aliphatic carbocycles. The second-order valence-corrected chi connectivity index (χ2v) is 6.53. The SMILES string of the molecule is CCNC(=O)CNCc1c(OC)cc(-c2cn(C)c(=O)c3[nH]ncc23)cc1OC. The van der Waals surface area contributed by atoms with Crippen molar-refractivity contribution < 1.29 is 14.3 Å². The quantitative estimate of drug-likeness (QED) is 0.525. The van der Waals surface area contributed by atoms with Crippen LogP contribution in [0.25, 0.3) is 22.0 Å². The molecule has 3 N–H and O–H groups in total. The molecular formula is C20H25N5O4. The van der Waals surface area contributed by atoms with Gasteiger partial charge in [-0.2, -0.15) is 5.10 Å². The molecule has 3 rings (SSSR count). The topological polar surface area (TPSA) is 110 Å². The van der Waals surface area contributed by atoms with Gasteiger partial charge in [0, 0.05) is 42.8 Å². The van der Waals surface area contributed by atoms with Gasteiger partial charge >= 0.3 is 0 Å². The van der Waals surface area contributed by atoms with Crippen LogP contribution in [0.4, 0.5) is 0 Å². The van der Waals surface area contributed by atoms with E-state index in [2.05, 4.69) is 20.8 Å². The zero-order valence-corrected chi connectivity index (χ0v) is 17.0. The van der Waals surface area contributed by atoms with Crippen molar-refractivity contribution in [1.29, 1.82) is 0 Å². The van der Waals surface area contributed by atoms with E-state index in [9.17, 15) is 9.59 Å². The lowest BCUT2D eigenvalue weighted by Gasteiger charge is -2.17. The Morgan fingerprint density at radius 3 is 2.55 bits per heavy atom. The highest BCUT2D eigenvalue weighted by Gasteiger charge is 2.17. The Morgan fingerprint density at radius 1 is 1.24 bits per heavy atom. The number of aryl methyl sites for hydroxylation is 1. The van der Waals surface area contributed by atoms with Gasteiger partial charge in [0.1, 0.15) is 17.0 Å². The molecular weight excluding hydrogens is 374 g/mol. The number of carbonyl (C=O) groups excluding carboxylic acids is 1. The number of likely N-dealkylation sites (N-methyl/N-ethyl adjacent to an activating group) is 1. The third-order valence-electron chi connectivity index (χ3n) is 4.67. The largest absolute Gasteiger partial charge is 0.496 e. The van der Waals surface area contributed by atoms with Crippen LogP contribution < -0.4 is 25.7 Å². The van der Waals surface area contributed by atoms with Gasteiger partial charge in [0.2, 0.25) is 5.91 Å². The minimum absolute atomic E-state index is 0.0744. The fourth-order valence-electron chi connectivity index (χ4n) is 3.26. The van der Waals surface area contributed by atoms with Crippen LogP contribution in [-0.2, 0) is 18.4 Å². The molecule has 1 aromatic carbocycles. The summed E-state index contributed by atoms with van der Waals surface area (Å²) in [6.45, 7) is 3.06. The number of benzene rings is 1. The molecule has 0 fully saturated rings. The van der Waals surface area contributed by atoms with Gasteiger partial charge in [-0.25, -0.2) is 0 Å². The lowest BCUT2D eigenvalue weighted by atomic mass is 10.0. The molecule has 0 radical (unpaired) electrons. The first-order chi connectivity index (χ1) is 14.0. The molecule has 0 spiro atoms. The van der Waals surface area contributed by atoms with Crippen molar-refractivity contribution in [3.05, 3.63) is 40.4 Å². The minimum atomic E-state index is -0.147. The molecule has 9 heteroatoms. The Bertz CT molecular complexity index is 1060. The van der Waals surface area contributed by atoms with Crippen molar-refractivity contribution in [1.82, 2.24) is 25.4 Å². The number of nitrogens with zero attached hydrogens (tertiary/aromatic N) is 2. The number of ether oxygens (including phenoxy) is 2. The van der Waals surface area contributed by atoms with E-state index in [0.717, 1.165) is 22.1 Å². The monoisotopic (exact) mass is 399 g/mol. The number of nitrogens with one attached hydrogen (secondary N) is 3. The second-order valence-electron chi connectivity index (χ2n) is 6.53. The number of rotatable bonds is 8. The molecule has 0 saturated heterocycles. The number of H-pyrrole nitrogens is 1. The predicted octanol–water partition coefficient (Wildman–Crippen LogP) is 1.17. The standard InChI is InChI=1S/C20H25N5O4/c1-5-22-18(26)10-21-8-14-16(28-3)6-12(7-17(14)29-4)15-11-25(2)20(27)19-13(15)9-23-24-19/h6-7,9,11,21H,5,8,10H2,1-4H3,(H,22,26)(H,23,24). The summed E-state index contributed by atoms with van der Waals surface area (Å²) in [5.74, 6) is 1.16. The number of pyridine rings is 1. The van der Waals surface area contributed by atoms with E-state index in [1.807, 2.05) is 19.1 Å². The molecule has 29 heavy (non-hydrogen) atoms. The molecule has 2 aromatic heterocycles. The Morgan fingerprint density at radius 2 is 1.93 bits per heavy atom. The fraction of sp³-hybridized carbons (Fsp3) is 0.350. The van der Waals surface area contributed by atoms with E-state index >= 15 is 0 Å². The number of fused-ring (bicyclic) bond motifs is 1. The average molecular weight is 399 g/mol. The molecule has 0 atom stereocenters. The van der Waals surface area contributed by atoms with Gasteiger partial charge in [-0.15, -0.1) is 0 Å². The zero-order valence-electron chi connectivity index (χ0n) is 17.0. The molecule has 0 aliphatic heterocycles. The summed E-state index contributed by atoms with van der Waals surface area (Å²) in [4.78, 5) is 24.0. The smallest absolute Gasteiger partial charge is 0.276 e. The van der Waals surface area contributed by atoms with Crippen LogP contribution in [0, 0.1) is 0 Å². The van der Waals surface area contributed by atoms with Crippen LogP contribution in [-0.4, -0.2) is 48.0 Å². The highest BCUT2D eigenvalue weighted by molar-refractivity contribution is 5.94. The van der Waals surface area contributed by atoms with Crippen molar-refractivity contribution in [3.8, 4) is 22.6 Å². The summed E-state index contributed by atoms with van der Waals surface area (Å²) >= 11 is 0. The lowest BCUT2D eigenvalue weighted by molar-refractivity contribution is -0.120. The average Bonchev–Trinajstić information content (AvgIpc) is 3.21. The first-order valence-corrected chi connectivity index (χ1v) is 9.25. The number of hydrogen-bond acceptors (Lipinski definition) is 6. The Kier molecular flexibility index (Phi) is 6.18. The van der Waals surface area contributed by atoms with E-state index in [1.54, 1.807) is 33.7 Å². The van der Waals surface area contributed by atoms with Crippen LogP contribution >= 0.6 is 0 Å². The van der Waals surface area contributed by atoms with Gasteiger partial charge in [-0.05, 0) is 24.6 Å². The van der Waals surface area contributed by atoms with Gasteiger partial charge in [0.25, 0.3) is 5.56 Å². The maximum absolute atomic E-state index is 12.3. The van der Waals surface area contributed by atoms with Gasteiger partial charge in [0.05, 0.1) is 27.0 Å². The molecule has 0 saturated carbocycles. The van der Waals surface area contributed by atoms with Crippen LogP contribution in [0.3, 0.4) is 0 Å². The third kappa shape index (κ3) is 4.09. The number of hydrogen-bond donors (Lipinski definition) is 3. The van der Waals surface area contributed by atoms with Crippen molar-refractivity contribution in [2.45, 2.75) is 13.5 Å². The molecule has 9 nitrogen and oxygen atoms in total. The summed E-state index contributed by atoms with van der Waals surface area (Å²) in [5, 5.41) is 13.3. The highest BCUT2D eigenvalue weighted by atomic mass is 16.5. The first-order valence-electron chi connectivity index (χ1n) is 9.25. The number of carbonyl (C=O) groups is 1. The summed E-state index contributed by atoms with van der Waals surface area (Å²) in [6.07, 6.45) is 3.40. The Hall–Kier alpha value is -3.33. The minimum Gasteiger partial charge on any atom is -0.496 e. The van der Waals surface area contributed by atoms with Crippen LogP contribution in [0.2, 0.25) is 0 Å². The van der Waals surface area contributed by atoms with Crippen LogP contribution in [0.5, 0.6) is 11.5 Å². The van der Waals surface area contributed by atoms with Gasteiger partial charge in [0.15, 0.2) is 0 Å². The van der Waals surface area contributed by atoms with Crippen LogP contribution in [0.15, 0.2) is 29.3 Å². The maximum Gasteiger partial charge on any atom is 0.276 e. The van der Waals surface area contributed by atoms with E-state index in [-0.39, 0.29) is 18.0 Å². The van der Waals surface area contributed by atoms with E-state index in [1.165, 1.54) is 4.57 Å². The van der Waals surface area contributed by atoms with Crippen LogP contribution in [0.1, 0.15) is 12.5 Å². The van der Waals surface area contributed by atoms with E-state index < -0.39 is 0 Å². The maximum atomic E-state index is 12.3. The van der Waals surface area contributed by atoms with E-state index in [0.29, 0.717) is 30.1 Å². The summed E-state index contributed by atoms with van der Waals surface area (Å²) < 4.78 is 12.7. The number of aromatic amines is 1. The van der Waals surface area contributed by atoms with Gasteiger partial charge in [-0.3, -0.25) is 14.7 Å². The molecule has 1 amide bonds. The normalized spacial score (nSPS) is 10.9. The van der Waals surface area contributed by atoms with Crippen molar-refractivity contribution >= 4 is 16.8 Å². The third-order valence-corrected chi connectivity index (χ3v) is 4.67. The summed E-state index contributed by atoms with van der Waals surface area (Å²) in [6, 6.07) is 3.77. The zero-order chi connectivity index (χ0) is 21.0. The fourth-order valence-corrected chi connectivity index (χ4v) is 3.26. The van der Waals surface area contributed by atoms with Crippen molar-refractivity contribution in [2.24, 2.45) is 7.05 Å². The molecule has 2 heterocycles. The van der Waals surface area contributed by atoms with Gasteiger partial charge < -0.3 is 24.7 Å². The molecule has 0 aliphatic rings. The van der Waals surface area contributed by atoms with Gasteiger partial charge in [-0.1, -0.05) is 0 Å². The Balaban J connectivity index is 2.01. The first kappa shape index (κ1) is 20.4. The summed E-state index contributed by atoms with van der Waals surface area (Å²) in [7, 11) is 4.86. The molecule has 0 unspecified atom stereocenters. The summed E-state index contributed by atoms with van der Waals surface area (Å²) in [5.41, 5.74) is 2.75. The van der Waals surface area contributed by atoms with E-state index in [4.69, 9.17) is 9.47 Å². The Labute approximate surface area is 168 Å². The molecule has 0 bridgehead atoms. The highest BCUT2D eigenvalue weighted by Crippen LogP contribution is 2.36. The number of aromatic nitrogens is 3. The van der Waals surface area contributed by atoms with Crippen molar-refractivity contribution in [3.63, 3.8) is 0 Å². The number of methoxy groups -OCH3 is 2. The van der Waals surface area contributed by atoms with Crippen molar-refractivity contribution in [2.75, 3.05) is 27.3 Å². The molecule has 3 aromatic rings.